The van der Waals surface area contributed by atoms with E-state index in [2.05, 4.69) is 26.5 Å². The van der Waals surface area contributed by atoms with Crippen molar-refractivity contribution >= 4 is 5.91 Å². The Bertz CT molecular complexity index is 940. The van der Waals surface area contributed by atoms with Crippen molar-refractivity contribution in [1.29, 1.82) is 0 Å². The van der Waals surface area contributed by atoms with E-state index in [0.29, 0.717) is 12.3 Å². The number of pyridine rings is 1. The number of hydrogen-bond acceptors (Lipinski definition) is 4. The molecule has 6 nitrogen and oxygen atoms in total. The molecule has 1 amide bonds. The molecule has 1 saturated heterocycles. The van der Waals surface area contributed by atoms with Gasteiger partial charge in [0.2, 0.25) is 5.91 Å². The monoisotopic (exact) mass is 403 g/mol. The highest BCUT2D eigenvalue weighted by atomic mass is 16.1. The maximum Gasteiger partial charge on any atom is 0.224 e. The lowest BCUT2D eigenvalue weighted by atomic mass is 9.88. The van der Waals surface area contributed by atoms with Crippen LogP contribution in [0, 0.1) is 5.92 Å². The zero-order valence-electron chi connectivity index (χ0n) is 17.4. The molecular weight excluding hydrogens is 374 g/mol. The van der Waals surface area contributed by atoms with Crippen LogP contribution in [0.2, 0.25) is 0 Å². The first-order valence-corrected chi connectivity index (χ1v) is 10.6. The van der Waals surface area contributed by atoms with Crippen molar-refractivity contribution < 1.29 is 4.79 Å². The number of rotatable bonds is 7. The number of hydrogen-bond donors (Lipinski definition) is 1. The van der Waals surface area contributed by atoms with Gasteiger partial charge in [0, 0.05) is 38.1 Å². The van der Waals surface area contributed by atoms with Crippen LogP contribution in [0.3, 0.4) is 0 Å². The Morgan fingerprint density at radius 3 is 2.73 bits per heavy atom. The number of carbonyl (C=O) groups is 1. The average molecular weight is 404 g/mol. The summed E-state index contributed by atoms with van der Waals surface area (Å²) in [5.41, 5.74) is 3.18. The summed E-state index contributed by atoms with van der Waals surface area (Å²) in [6, 6.07) is 15.7. The van der Waals surface area contributed by atoms with Crippen molar-refractivity contribution in [3.8, 4) is 0 Å². The average Bonchev–Trinajstić information content (AvgIpc) is 3.18. The van der Waals surface area contributed by atoms with Crippen LogP contribution in [0.4, 0.5) is 0 Å². The van der Waals surface area contributed by atoms with Crippen molar-refractivity contribution in [1.82, 2.24) is 25.0 Å². The second-order valence-electron chi connectivity index (χ2n) is 8.12. The van der Waals surface area contributed by atoms with Crippen LogP contribution < -0.4 is 5.32 Å². The Morgan fingerprint density at radius 2 is 2.00 bits per heavy atom. The maximum absolute atomic E-state index is 12.9. The molecule has 30 heavy (non-hydrogen) atoms. The third kappa shape index (κ3) is 5.33. The van der Waals surface area contributed by atoms with Gasteiger partial charge in [-0.15, -0.1) is 0 Å². The lowest BCUT2D eigenvalue weighted by molar-refractivity contribution is -0.121. The van der Waals surface area contributed by atoms with Crippen molar-refractivity contribution in [2.24, 2.45) is 13.0 Å². The summed E-state index contributed by atoms with van der Waals surface area (Å²) in [5, 5.41) is 7.58. The minimum atomic E-state index is -0.0842. The molecule has 1 fully saturated rings. The van der Waals surface area contributed by atoms with Gasteiger partial charge in [-0.3, -0.25) is 19.4 Å². The topological polar surface area (TPSA) is 63.0 Å². The molecule has 0 saturated carbocycles. The highest BCUT2D eigenvalue weighted by Crippen LogP contribution is 2.29. The van der Waals surface area contributed by atoms with E-state index in [0.717, 1.165) is 43.7 Å². The van der Waals surface area contributed by atoms with E-state index in [9.17, 15) is 4.79 Å². The Labute approximate surface area is 177 Å². The van der Waals surface area contributed by atoms with Gasteiger partial charge >= 0.3 is 0 Å². The molecule has 1 aromatic carbocycles. The highest BCUT2D eigenvalue weighted by molar-refractivity contribution is 5.79. The third-order valence-corrected chi connectivity index (χ3v) is 5.71. The van der Waals surface area contributed by atoms with Gasteiger partial charge in [-0.2, -0.15) is 5.10 Å². The maximum atomic E-state index is 12.9. The van der Waals surface area contributed by atoms with E-state index in [4.69, 9.17) is 0 Å². The van der Waals surface area contributed by atoms with Crippen LogP contribution in [0.5, 0.6) is 0 Å². The van der Waals surface area contributed by atoms with Gasteiger partial charge in [-0.25, -0.2) is 0 Å². The second kappa shape index (κ2) is 9.67. The standard InChI is InChI=1S/C24H29N5O/c1-28-16-20(15-26-28)17-29-13-7-10-21(18-29)24(22-11-5-6-12-25-22)27-23(30)14-19-8-3-2-4-9-19/h2-6,8-9,11-12,15-16,21,24H,7,10,13-14,17-18H2,1H3,(H,27,30). The molecule has 3 heterocycles. The predicted molar refractivity (Wildman–Crippen MR) is 116 cm³/mol. The molecule has 0 radical (unpaired) electrons. The van der Waals surface area contributed by atoms with E-state index in [1.165, 1.54) is 5.56 Å². The number of nitrogens with zero attached hydrogens (tertiary/aromatic N) is 4. The molecule has 2 aromatic heterocycles. The van der Waals surface area contributed by atoms with Crippen LogP contribution in [0.25, 0.3) is 0 Å². The van der Waals surface area contributed by atoms with Crippen molar-refractivity contribution in [2.45, 2.75) is 31.8 Å². The molecule has 4 rings (SSSR count). The molecule has 1 N–H and O–H groups in total. The molecule has 2 unspecified atom stereocenters. The van der Waals surface area contributed by atoms with Gasteiger partial charge in [0.1, 0.15) is 0 Å². The Hall–Kier alpha value is -2.99. The number of aryl methyl sites for hydroxylation is 1. The minimum Gasteiger partial charge on any atom is -0.347 e. The van der Waals surface area contributed by atoms with E-state index >= 15 is 0 Å². The fraction of sp³-hybridized carbons (Fsp3) is 0.375. The van der Waals surface area contributed by atoms with E-state index in [-0.39, 0.29) is 11.9 Å². The van der Waals surface area contributed by atoms with Crippen LogP contribution >= 0.6 is 0 Å². The van der Waals surface area contributed by atoms with Gasteiger partial charge in [-0.05, 0) is 43.0 Å². The van der Waals surface area contributed by atoms with Gasteiger partial charge < -0.3 is 5.32 Å². The fourth-order valence-corrected chi connectivity index (χ4v) is 4.32. The molecule has 0 bridgehead atoms. The molecule has 0 aliphatic carbocycles. The summed E-state index contributed by atoms with van der Waals surface area (Å²) in [4.78, 5) is 19.9. The molecule has 0 spiro atoms. The van der Waals surface area contributed by atoms with Crippen molar-refractivity contribution in [2.75, 3.05) is 13.1 Å². The van der Waals surface area contributed by atoms with E-state index < -0.39 is 0 Å². The Morgan fingerprint density at radius 1 is 1.17 bits per heavy atom. The van der Waals surface area contributed by atoms with Gasteiger partial charge in [0.25, 0.3) is 0 Å². The van der Waals surface area contributed by atoms with Crippen LogP contribution in [-0.4, -0.2) is 38.7 Å². The van der Waals surface area contributed by atoms with E-state index in [1.54, 1.807) is 0 Å². The molecule has 1 aliphatic heterocycles. The number of nitrogens with one attached hydrogen (secondary N) is 1. The van der Waals surface area contributed by atoms with Gasteiger partial charge in [0.05, 0.1) is 24.4 Å². The number of benzene rings is 1. The molecule has 6 heteroatoms. The zero-order chi connectivity index (χ0) is 20.8. The lowest BCUT2D eigenvalue weighted by Crippen LogP contribution is -2.43. The summed E-state index contributed by atoms with van der Waals surface area (Å²) in [5.74, 6) is 0.367. The smallest absolute Gasteiger partial charge is 0.224 e. The summed E-state index contributed by atoms with van der Waals surface area (Å²) < 4.78 is 1.84. The highest BCUT2D eigenvalue weighted by Gasteiger charge is 2.30. The normalized spacial score (nSPS) is 18.1. The number of carbonyl (C=O) groups excluding carboxylic acids is 1. The summed E-state index contributed by atoms with van der Waals surface area (Å²) in [6.45, 7) is 2.89. The molecule has 2 atom stereocenters. The lowest BCUT2D eigenvalue weighted by Gasteiger charge is -2.37. The SMILES string of the molecule is Cn1cc(CN2CCCC(C(NC(=O)Cc3ccccc3)c3ccccn3)C2)cn1. The zero-order valence-corrected chi connectivity index (χ0v) is 17.4. The number of piperidine rings is 1. The van der Waals surface area contributed by atoms with E-state index in [1.807, 2.05) is 72.7 Å². The molecule has 3 aromatic rings. The number of likely N-dealkylation sites (tertiary alicyclic amines) is 1. The summed E-state index contributed by atoms with van der Waals surface area (Å²) in [7, 11) is 1.95. The number of amides is 1. The largest absolute Gasteiger partial charge is 0.347 e. The first-order valence-electron chi connectivity index (χ1n) is 10.6. The quantitative estimate of drug-likeness (QED) is 0.658. The van der Waals surface area contributed by atoms with Gasteiger partial charge in [-0.1, -0.05) is 36.4 Å². The minimum absolute atomic E-state index is 0.0428. The summed E-state index contributed by atoms with van der Waals surface area (Å²) >= 11 is 0. The third-order valence-electron chi connectivity index (χ3n) is 5.71. The Kier molecular flexibility index (Phi) is 6.54. The fourth-order valence-electron chi connectivity index (χ4n) is 4.32. The van der Waals surface area contributed by atoms with Crippen molar-refractivity contribution in [3.05, 3.63) is 83.9 Å². The second-order valence-corrected chi connectivity index (χ2v) is 8.12. The molecule has 156 valence electrons. The Balaban J connectivity index is 1.47. The molecular formula is C24H29N5O. The van der Waals surface area contributed by atoms with Crippen LogP contribution in [0.15, 0.2) is 67.1 Å². The van der Waals surface area contributed by atoms with Gasteiger partial charge in [0.15, 0.2) is 0 Å². The summed E-state index contributed by atoms with van der Waals surface area (Å²) in [6.07, 6.45) is 8.39. The van der Waals surface area contributed by atoms with Crippen LogP contribution in [-0.2, 0) is 24.8 Å². The molecule has 1 aliphatic rings. The van der Waals surface area contributed by atoms with Crippen LogP contribution in [0.1, 0.15) is 35.7 Å². The predicted octanol–water partition coefficient (Wildman–Crippen LogP) is 3.13. The van der Waals surface area contributed by atoms with Crippen molar-refractivity contribution in [3.63, 3.8) is 0 Å². The first-order chi connectivity index (χ1) is 14.7. The number of aromatic nitrogens is 3. The first kappa shape index (κ1) is 20.3.